The van der Waals surface area contributed by atoms with E-state index in [1.165, 1.54) is 0 Å². The molecule has 0 heterocycles. The largest absolute Gasteiger partial charge is 0.376 e. The molecule has 0 aromatic carbocycles. The third kappa shape index (κ3) is 12.2. The van der Waals surface area contributed by atoms with Gasteiger partial charge in [0.05, 0.1) is 11.5 Å². The Bertz CT molecular complexity index is 956. The summed E-state index contributed by atoms with van der Waals surface area (Å²) >= 11 is 30.9. The van der Waals surface area contributed by atoms with E-state index in [1.807, 2.05) is 0 Å². The van der Waals surface area contributed by atoms with Gasteiger partial charge in [-0.3, -0.25) is 0 Å². The Hall–Kier alpha value is 2.34. The maximum Gasteiger partial charge on any atom is 0.280 e. The minimum Gasteiger partial charge on any atom is -0.376 e. The van der Waals surface area contributed by atoms with Crippen LogP contribution < -0.4 is 0 Å². The second-order valence-electron chi connectivity index (χ2n) is 22.0. The predicted molar refractivity (Wildman–Crippen MR) is 254 cm³/mol. The molecule has 0 bridgehead atoms. The number of hydrogen-bond donors (Lipinski definition) is 0. The zero-order valence-corrected chi connectivity index (χ0v) is 47.4. The number of ether oxygens (including phenoxy) is 1. The van der Waals surface area contributed by atoms with Crippen molar-refractivity contribution in [1.29, 1.82) is 0 Å². The number of rotatable bonds is 18. The highest BCUT2D eigenvalue weighted by atomic mass is 35.7. The van der Waals surface area contributed by atoms with Gasteiger partial charge in [-0.1, -0.05) is 163 Å². The Kier molecular flexibility index (Phi) is 18.9. The van der Waals surface area contributed by atoms with E-state index in [-0.39, 0.29) is 31.6 Å². The molecule has 4 unspecified atom stereocenters. The quantitative estimate of drug-likeness (QED) is 0.101. The van der Waals surface area contributed by atoms with E-state index >= 15 is 0 Å². The van der Waals surface area contributed by atoms with Crippen molar-refractivity contribution in [2.24, 2.45) is 0 Å². The molecule has 0 saturated heterocycles. The van der Waals surface area contributed by atoms with E-state index < -0.39 is 46.3 Å². The lowest BCUT2D eigenvalue weighted by Crippen LogP contribution is -2.72. The van der Waals surface area contributed by atoms with E-state index in [0.717, 1.165) is 37.8 Å². The van der Waals surface area contributed by atoms with Crippen LogP contribution >= 0.6 is 44.3 Å². The zero-order valence-electron chi connectivity index (χ0n) is 38.4. The molecular weight excluding hydrogens is 811 g/mol. The molecule has 0 radical (unpaired) electrons. The van der Waals surface area contributed by atoms with Crippen LogP contribution in [0.15, 0.2) is 0 Å². The SMILES string of the molecule is CCC(C[Si](Cl)(Cl)C(CC)OC(CC)[Si](Cl)(Cl)CC(CC)N([Si](C)(C)C(C)(C)C)[Si](C)(C)C(C)(C)C)N([Si](C)(C)C(C)(C)C)[Si](C)(C)C(C)(C)C. The zero-order chi connectivity index (χ0) is 41.4. The fraction of sp³-hybridized carbons (Fsp3) is 1.00. The van der Waals surface area contributed by atoms with Crippen LogP contribution in [0, 0.1) is 0 Å². The lowest BCUT2D eigenvalue weighted by Gasteiger charge is -2.60. The molecule has 0 spiro atoms. The molecule has 0 amide bonds. The second kappa shape index (κ2) is 18.1. The molecular formula is C38H88Cl4N2OSi6. The number of hydrogen-bond acceptors (Lipinski definition) is 3. The van der Waals surface area contributed by atoms with Crippen molar-refractivity contribution in [3.8, 4) is 0 Å². The first-order valence-electron chi connectivity index (χ1n) is 20.2. The average Bonchev–Trinajstić information content (AvgIpc) is 2.89. The van der Waals surface area contributed by atoms with Crippen molar-refractivity contribution in [1.82, 2.24) is 8.46 Å². The lowest BCUT2D eigenvalue weighted by atomic mass is 10.2. The molecule has 0 rings (SSSR count). The van der Waals surface area contributed by atoms with Gasteiger partial charge in [0.1, 0.15) is 32.9 Å². The highest BCUT2D eigenvalue weighted by Crippen LogP contribution is 2.52. The molecule has 0 aliphatic carbocycles. The van der Waals surface area contributed by atoms with Crippen LogP contribution in [-0.4, -0.2) is 78.3 Å². The molecule has 0 aliphatic rings. The van der Waals surface area contributed by atoms with Gasteiger partial charge in [-0.05, 0) is 70.0 Å². The van der Waals surface area contributed by atoms with Crippen molar-refractivity contribution in [2.45, 2.75) is 245 Å². The molecule has 3 nitrogen and oxygen atoms in total. The van der Waals surface area contributed by atoms with E-state index in [1.54, 1.807) is 0 Å². The first-order chi connectivity index (χ1) is 22.2. The summed E-state index contributed by atoms with van der Waals surface area (Å²) in [6, 6.07) is 2.21. The Balaban J connectivity index is 6.96. The van der Waals surface area contributed by atoms with Gasteiger partial charge in [0.25, 0.3) is 13.4 Å². The molecule has 13 heteroatoms. The van der Waals surface area contributed by atoms with Crippen LogP contribution in [0.1, 0.15) is 136 Å². The minimum absolute atomic E-state index is 0.202. The third-order valence-electron chi connectivity index (χ3n) is 14.5. The molecule has 0 N–H and O–H groups in total. The van der Waals surface area contributed by atoms with Crippen molar-refractivity contribution < 1.29 is 4.74 Å². The van der Waals surface area contributed by atoms with Crippen LogP contribution in [0.2, 0.25) is 84.6 Å². The number of halogens is 4. The maximum atomic E-state index is 7.72. The van der Waals surface area contributed by atoms with E-state index in [0.29, 0.717) is 12.1 Å². The Morgan fingerprint density at radius 2 is 0.608 bits per heavy atom. The Labute approximate surface area is 346 Å². The van der Waals surface area contributed by atoms with Gasteiger partial charge in [-0.15, -0.1) is 44.3 Å². The Morgan fingerprint density at radius 3 is 0.745 bits per heavy atom. The number of nitrogens with zero attached hydrogens (tertiary/aromatic N) is 2. The monoisotopic (exact) mass is 896 g/mol. The van der Waals surface area contributed by atoms with Crippen LogP contribution in [-0.2, 0) is 4.74 Å². The summed E-state index contributed by atoms with van der Waals surface area (Å²) in [5, 5.41) is 0.808. The molecule has 0 aromatic heterocycles. The summed E-state index contributed by atoms with van der Waals surface area (Å²) in [6.07, 6.45) is 3.59. The van der Waals surface area contributed by atoms with Crippen molar-refractivity contribution in [3.05, 3.63) is 0 Å². The summed E-state index contributed by atoms with van der Waals surface area (Å²) < 4.78 is 13.2. The molecule has 0 aromatic rings. The smallest absolute Gasteiger partial charge is 0.280 e. The van der Waals surface area contributed by atoms with Gasteiger partial charge in [0, 0.05) is 0 Å². The molecule has 0 saturated carbocycles. The molecule has 0 aliphatic heterocycles. The van der Waals surface area contributed by atoms with Crippen LogP contribution in [0.3, 0.4) is 0 Å². The van der Waals surface area contributed by atoms with E-state index in [9.17, 15) is 0 Å². The summed E-state index contributed by atoms with van der Waals surface area (Å²) in [7, 11) is -7.77. The molecule has 0 fully saturated rings. The minimum atomic E-state index is -2.96. The van der Waals surface area contributed by atoms with E-state index in [4.69, 9.17) is 49.1 Å². The van der Waals surface area contributed by atoms with Gasteiger partial charge >= 0.3 is 0 Å². The average molecular weight is 899 g/mol. The lowest BCUT2D eigenvalue weighted by molar-refractivity contribution is 0.0672. The normalized spacial score (nSPS) is 18.0. The first kappa shape index (κ1) is 53.3. The highest BCUT2D eigenvalue weighted by molar-refractivity contribution is 7.46. The van der Waals surface area contributed by atoms with Gasteiger partial charge < -0.3 is 13.2 Å². The summed E-state index contributed by atoms with van der Waals surface area (Å²) in [5.74, 6) is 0. The maximum absolute atomic E-state index is 7.72. The van der Waals surface area contributed by atoms with Crippen molar-refractivity contribution in [2.75, 3.05) is 0 Å². The fourth-order valence-electron chi connectivity index (χ4n) is 7.58. The van der Waals surface area contributed by atoms with Gasteiger partial charge in [0.15, 0.2) is 0 Å². The molecule has 51 heavy (non-hydrogen) atoms. The van der Waals surface area contributed by atoms with Crippen LogP contribution in [0.5, 0.6) is 0 Å². The first-order valence-corrected chi connectivity index (χ1v) is 40.6. The topological polar surface area (TPSA) is 15.7 Å². The predicted octanol–water partition coefficient (Wildman–Crippen LogP) is 15.7. The third-order valence-corrected chi connectivity index (χ3v) is 51.9. The van der Waals surface area contributed by atoms with Crippen molar-refractivity contribution in [3.63, 3.8) is 0 Å². The van der Waals surface area contributed by atoms with E-state index in [2.05, 4.69) is 172 Å². The van der Waals surface area contributed by atoms with Gasteiger partial charge in [-0.2, -0.15) is 0 Å². The highest BCUT2D eigenvalue weighted by Gasteiger charge is 2.58. The fourth-order valence-corrected chi connectivity index (χ4v) is 40.5. The molecule has 308 valence electrons. The molecule has 4 atom stereocenters. The van der Waals surface area contributed by atoms with Crippen LogP contribution in [0.25, 0.3) is 0 Å². The second-order valence-corrected chi connectivity index (χ2v) is 57.7. The van der Waals surface area contributed by atoms with Gasteiger partial charge in [0.2, 0.25) is 0 Å². The Morgan fingerprint density at radius 1 is 0.412 bits per heavy atom. The summed E-state index contributed by atoms with van der Waals surface area (Å²) in [4.78, 5) is 0. The summed E-state index contributed by atoms with van der Waals surface area (Å²) in [5.41, 5.74) is -0.469. The van der Waals surface area contributed by atoms with Crippen LogP contribution in [0.4, 0.5) is 0 Å². The standard InChI is InChI=1S/C38H88Cl4N2OSi6/c1-25-31(43(46(17,18)35(5,6)7)47(19,20)36(8,9)10)29-50(39,40)33(27-3)45-34(28-4)51(41,42)30-32(26-2)44(48(21,22)37(11,12)13)49(23,24)38(14,15)16/h31-34H,25-30H2,1-24H3. The summed E-state index contributed by atoms with van der Waals surface area (Å²) in [6.45, 7) is 53.0. The van der Waals surface area contributed by atoms with Gasteiger partial charge in [-0.25, -0.2) is 0 Å². The van der Waals surface area contributed by atoms with Crippen molar-refractivity contribution >= 4 is 90.6 Å².